The quantitative estimate of drug-likeness (QED) is 0.418. The van der Waals surface area contributed by atoms with E-state index in [0.717, 1.165) is 33.3 Å². The average Bonchev–Trinajstić information content (AvgIpc) is 2.75. The molecule has 6 nitrogen and oxygen atoms in total. The summed E-state index contributed by atoms with van der Waals surface area (Å²) in [6.07, 6.45) is 2.16. The third kappa shape index (κ3) is 3.80. The zero-order valence-electron chi connectivity index (χ0n) is 15.8. The highest BCUT2D eigenvalue weighted by Crippen LogP contribution is 2.24. The molecule has 0 saturated carbocycles. The molecule has 0 radical (unpaired) electrons. The van der Waals surface area contributed by atoms with Crippen LogP contribution in [0.5, 0.6) is 0 Å². The number of aryl methyl sites for hydroxylation is 1. The Morgan fingerprint density at radius 3 is 2.76 bits per heavy atom. The van der Waals surface area contributed by atoms with Gasteiger partial charge in [-0.25, -0.2) is 4.68 Å². The Balaban J connectivity index is 1.68. The lowest BCUT2D eigenvalue weighted by Crippen LogP contribution is -2.30. The Kier molecular flexibility index (Phi) is 4.71. The molecule has 0 amide bonds. The van der Waals surface area contributed by atoms with Crippen LogP contribution >= 0.6 is 0 Å². The van der Waals surface area contributed by atoms with Crippen molar-refractivity contribution < 1.29 is 0 Å². The van der Waals surface area contributed by atoms with Crippen molar-refractivity contribution in [1.82, 2.24) is 14.8 Å². The van der Waals surface area contributed by atoms with E-state index in [4.69, 9.17) is 16.1 Å². The van der Waals surface area contributed by atoms with Crippen LogP contribution in [-0.2, 0) is 6.42 Å². The summed E-state index contributed by atoms with van der Waals surface area (Å²) in [7, 11) is 0. The van der Waals surface area contributed by atoms with Crippen molar-refractivity contribution in [3.05, 3.63) is 89.2 Å². The van der Waals surface area contributed by atoms with Gasteiger partial charge in [0.15, 0.2) is 0 Å². The molecule has 0 saturated heterocycles. The fraction of sp³-hybridized carbons (Fsp3) is 0.0870. The summed E-state index contributed by atoms with van der Waals surface area (Å²) in [6.45, 7) is 1.84. The van der Waals surface area contributed by atoms with Gasteiger partial charge >= 0.3 is 0 Å². The van der Waals surface area contributed by atoms with Crippen LogP contribution < -0.4 is 5.49 Å². The van der Waals surface area contributed by atoms with E-state index in [9.17, 15) is 0 Å². The van der Waals surface area contributed by atoms with Gasteiger partial charge in [0.1, 0.15) is 11.3 Å². The largest absolute Gasteiger partial charge is 0.286 e. The minimum atomic E-state index is 0.183. The number of aromatic nitrogens is 3. The molecule has 0 aliphatic rings. The molecule has 0 spiro atoms. The molecule has 0 fully saturated rings. The van der Waals surface area contributed by atoms with Gasteiger partial charge in [0.25, 0.3) is 0 Å². The summed E-state index contributed by atoms with van der Waals surface area (Å²) in [5.74, 6) is 0.240. The van der Waals surface area contributed by atoms with Gasteiger partial charge in [0, 0.05) is 23.6 Å². The number of hydrogen-bond donors (Lipinski definition) is 2. The molecular formula is C23H18N6. The third-order valence-corrected chi connectivity index (χ3v) is 4.67. The molecule has 4 rings (SSSR count). The van der Waals surface area contributed by atoms with Crippen molar-refractivity contribution in [2.45, 2.75) is 13.3 Å². The first-order valence-electron chi connectivity index (χ1n) is 9.12. The minimum absolute atomic E-state index is 0.183. The van der Waals surface area contributed by atoms with E-state index in [2.05, 4.69) is 16.2 Å². The number of nitrogens with one attached hydrogen (secondary N) is 2. The molecule has 29 heavy (non-hydrogen) atoms. The molecule has 2 N–H and O–H groups in total. The lowest BCUT2D eigenvalue weighted by atomic mass is 10.0. The number of pyridine rings is 1. The molecular weight excluding hydrogens is 360 g/mol. The van der Waals surface area contributed by atoms with Crippen LogP contribution in [0.4, 0.5) is 0 Å². The van der Waals surface area contributed by atoms with Gasteiger partial charge in [-0.15, -0.1) is 0 Å². The Bertz CT molecular complexity index is 1340. The maximum absolute atomic E-state index is 9.13. The number of rotatable bonds is 3. The number of benzene rings is 2. The molecule has 0 unspecified atom stereocenters. The van der Waals surface area contributed by atoms with Crippen LogP contribution in [0.1, 0.15) is 16.8 Å². The lowest BCUT2D eigenvalue weighted by Gasteiger charge is -2.09. The first-order chi connectivity index (χ1) is 14.0. The summed E-state index contributed by atoms with van der Waals surface area (Å²) < 4.78 is 1.35. The molecule has 6 heteroatoms. The van der Waals surface area contributed by atoms with E-state index in [-0.39, 0.29) is 11.3 Å². The lowest BCUT2D eigenvalue weighted by molar-refractivity contribution is 0.776. The Morgan fingerprint density at radius 1 is 1.07 bits per heavy atom. The van der Waals surface area contributed by atoms with Gasteiger partial charge < -0.3 is 0 Å². The fourth-order valence-corrected chi connectivity index (χ4v) is 3.21. The van der Waals surface area contributed by atoms with E-state index in [1.165, 1.54) is 4.68 Å². The second-order valence-corrected chi connectivity index (χ2v) is 6.84. The molecule has 2 aromatic heterocycles. The highest BCUT2D eigenvalue weighted by atomic mass is 15.3. The summed E-state index contributed by atoms with van der Waals surface area (Å²) >= 11 is 0. The van der Waals surface area contributed by atoms with Gasteiger partial charge in [0.05, 0.1) is 22.8 Å². The number of hydrogen-bond acceptors (Lipinski definition) is 5. The van der Waals surface area contributed by atoms with E-state index in [1.807, 2.05) is 49.4 Å². The molecule has 140 valence electrons. The van der Waals surface area contributed by atoms with Crippen molar-refractivity contribution in [2.75, 3.05) is 0 Å². The third-order valence-electron chi connectivity index (χ3n) is 4.67. The molecule has 0 aliphatic carbocycles. The van der Waals surface area contributed by atoms with E-state index in [1.54, 1.807) is 24.4 Å². The number of nitrogens with zero attached hydrogens (tertiary/aromatic N) is 4. The summed E-state index contributed by atoms with van der Waals surface area (Å²) in [4.78, 5) is 4.53. The van der Waals surface area contributed by atoms with Crippen molar-refractivity contribution in [3.8, 4) is 17.2 Å². The summed E-state index contributed by atoms with van der Waals surface area (Å²) in [5.41, 5.74) is 5.24. The topological polar surface area (TPSA) is 102 Å². The van der Waals surface area contributed by atoms with Crippen LogP contribution in [0.15, 0.2) is 66.9 Å². The van der Waals surface area contributed by atoms with Crippen molar-refractivity contribution in [1.29, 1.82) is 16.1 Å². The van der Waals surface area contributed by atoms with Crippen molar-refractivity contribution >= 4 is 16.7 Å². The summed E-state index contributed by atoms with van der Waals surface area (Å²) in [5, 5.41) is 30.7. The molecule has 0 bridgehead atoms. The molecule has 2 heterocycles. The van der Waals surface area contributed by atoms with E-state index >= 15 is 0 Å². The van der Waals surface area contributed by atoms with Gasteiger partial charge in [-0.2, -0.15) is 10.4 Å². The first kappa shape index (κ1) is 18.3. The zero-order valence-corrected chi connectivity index (χ0v) is 15.8. The van der Waals surface area contributed by atoms with E-state index < -0.39 is 0 Å². The average molecular weight is 378 g/mol. The smallest absolute Gasteiger partial charge is 0.148 e. The van der Waals surface area contributed by atoms with Crippen LogP contribution in [0.25, 0.3) is 22.0 Å². The maximum atomic E-state index is 9.13. The Morgan fingerprint density at radius 2 is 1.93 bits per heavy atom. The number of fused-ring (bicyclic) bond motifs is 1. The monoisotopic (exact) mass is 378 g/mol. The zero-order chi connectivity index (χ0) is 20.4. The maximum Gasteiger partial charge on any atom is 0.148 e. The van der Waals surface area contributed by atoms with Crippen LogP contribution in [0.3, 0.4) is 0 Å². The number of nitriles is 1. The van der Waals surface area contributed by atoms with Gasteiger partial charge in [-0.05, 0) is 60.5 Å². The minimum Gasteiger partial charge on any atom is -0.286 e. The molecule has 2 aromatic carbocycles. The highest BCUT2D eigenvalue weighted by molar-refractivity contribution is 5.87. The molecule has 0 aliphatic heterocycles. The second-order valence-electron chi connectivity index (χ2n) is 6.84. The van der Waals surface area contributed by atoms with E-state index in [0.29, 0.717) is 12.0 Å². The Labute approximate surface area is 167 Å². The normalized spacial score (nSPS) is 10.6. The van der Waals surface area contributed by atoms with Gasteiger partial charge in [-0.3, -0.25) is 15.8 Å². The predicted molar refractivity (Wildman–Crippen MR) is 112 cm³/mol. The first-order valence-corrected chi connectivity index (χ1v) is 9.12. The molecule has 0 atom stereocenters. The van der Waals surface area contributed by atoms with Crippen molar-refractivity contribution in [3.63, 3.8) is 0 Å². The SMILES string of the molecule is Cc1ccc(=N)n(C(=N)Cc2ccc3ncc(-c4cccc(C#N)c4)cc3c2)n1. The second kappa shape index (κ2) is 7.49. The highest BCUT2D eigenvalue weighted by Gasteiger charge is 2.07. The van der Waals surface area contributed by atoms with Gasteiger partial charge in [-0.1, -0.05) is 18.2 Å². The summed E-state index contributed by atoms with van der Waals surface area (Å²) in [6, 6.07) is 20.9. The predicted octanol–water partition coefficient (Wildman–Crippen LogP) is 3.83. The van der Waals surface area contributed by atoms with Crippen LogP contribution in [0.2, 0.25) is 0 Å². The Hall–Kier alpha value is -4.11. The van der Waals surface area contributed by atoms with Gasteiger partial charge in [0.2, 0.25) is 0 Å². The van der Waals surface area contributed by atoms with Crippen LogP contribution in [-0.4, -0.2) is 20.6 Å². The van der Waals surface area contributed by atoms with Crippen LogP contribution in [0, 0.1) is 29.1 Å². The fourth-order valence-electron chi connectivity index (χ4n) is 3.21. The van der Waals surface area contributed by atoms with Crippen molar-refractivity contribution in [2.24, 2.45) is 0 Å². The standard InChI is InChI=1S/C23H18N6/c1-15-5-8-22(25)29(28-15)23(26)11-16-6-7-21-19(9-16)12-20(14-27-21)18-4-2-3-17(10-18)13-24/h2-10,12,14,25-26H,11H2,1H3. The molecule has 4 aromatic rings.